The molecule has 2 heterocycles. The van der Waals surface area contributed by atoms with Crippen LogP contribution in [-0.2, 0) is 0 Å². The number of aliphatic hydroxyl groups is 1. The summed E-state index contributed by atoms with van der Waals surface area (Å²) in [6, 6.07) is 4.33. The fourth-order valence-corrected chi connectivity index (χ4v) is 2.87. The quantitative estimate of drug-likeness (QED) is 0.822. The van der Waals surface area contributed by atoms with E-state index in [2.05, 4.69) is 16.0 Å². The summed E-state index contributed by atoms with van der Waals surface area (Å²) < 4.78 is 0. The van der Waals surface area contributed by atoms with Gasteiger partial charge in [0.2, 0.25) is 0 Å². The molecule has 0 amide bonds. The Labute approximate surface area is 109 Å². The molecule has 4 heteroatoms. The molecule has 1 aromatic rings. The molecule has 1 fully saturated rings. The Morgan fingerprint density at radius 1 is 1.56 bits per heavy atom. The van der Waals surface area contributed by atoms with Crippen LogP contribution in [0, 0.1) is 5.92 Å². The number of aromatic nitrogens is 1. The number of piperidine rings is 1. The van der Waals surface area contributed by atoms with Crippen molar-refractivity contribution in [2.75, 3.05) is 26.2 Å². The van der Waals surface area contributed by atoms with E-state index in [-0.39, 0.29) is 6.04 Å². The highest BCUT2D eigenvalue weighted by atomic mass is 16.3. The van der Waals surface area contributed by atoms with Crippen molar-refractivity contribution in [3.8, 4) is 0 Å². The van der Waals surface area contributed by atoms with Crippen molar-refractivity contribution in [1.82, 2.24) is 9.88 Å². The average Bonchev–Trinajstić information content (AvgIpc) is 2.42. The Kier molecular flexibility index (Phi) is 5.11. The standard InChI is InChI=1S/C14H23N3O/c15-9-14(13-4-1-6-16-10-13)17-7-2-3-12(11-17)5-8-18/h1,4,6,10,12,14,18H,2-3,5,7-9,11,15H2. The molecule has 0 radical (unpaired) electrons. The Morgan fingerprint density at radius 2 is 2.44 bits per heavy atom. The lowest BCUT2D eigenvalue weighted by atomic mass is 9.93. The van der Waals surface area contributed by atoms with Crippen LogP contribution in [0.1, 0.15) is 30.9 Å². The van der Waals surface area contributed by atoms with Gasteiger partial charge in [-0.3, -0.25) is 9.88 Å². The zero-order valence-electron chi connectivity index (χ0n) is 10.8. The van der Waals surface area contributed by atoms with Gasteiger partial charge in [-0.25, -0.2) is 0 Å². The van der Waals surface area contributed by atoms with Crippen LogP contribution < -0.4 is 5.73 Å². The lowest BCUT2D eigenvalue weighted by Gasteiger charge is -2.37. The number of hydrogen-bond donors (Lipinski definition) is 2. The van der Waals surface area contributed by atoms with Crippen LogP contribution >= 0.6 is 0 Å². The molecule has 1 aliphatic rings. The van der Waals surface area contributed by atoms with E-state index in [0.717, 1.165) is 19.5 Å². The van der Waals surface area contributed by atoms with Gasteiger partial charge in [0.15, 0.2) is 0 Å². The van der Waals surface area contributed by atoms with E-state index < -0.39 is 0 Å². The van der Waals surface area contributed by atoms with Crippen molar-refractivity contribution in [2.45, 2.75) is 25.3 Å². The van der Waals surface area contributed by atoms with Crippen LogP contribution in [0.25, 0.3) is 0 Å². The lowest BCUT2D eigenvalue weighted by Crippen LogP contribution is -2.41. The first-order valence-corrected chi connectivity index (χ1v) is 6.80. The summed E-state index contributed by atoms with van der Waals surface area (Å²) >= 11 is 0. The molecule has 18 heavy (non-hydrogen) atoms. The summed E-state index contributed by atoms with van der Waals surface area (Å²) in [5.74, 6) is 0.606. The molecule has 3 N–H and O–H groups in total. The molecule has 0 saturated carbocycles. The van der Waals surface area contributed by atoms with E-state index in [0.29, 0.717) is 19.1 Å². The molecule has 1 aromatic heterocycles. The molecule has 100 valence electrons. The molecule has 1 aliphatic heterocycles. The van der Waals surface area contributed by atoms with Gasteiger partial charge in [-0.1, -0.05) is 6.07 Å². The van der Waals surface area contributed by atoms with Crippen LogP contribution in [-0.4, -0.2) is 41.2 Å². The Balaban J connectivity index is 2.03. The predicted octanol–water partition coefficient (Wildman–Crippen LogP) is 1.18. The van der Waals surface area contributed by atoms with Crippen molar-refractivity contribution < 1.29 is 5.11 Å². The maximum absolute atomic E-state index is 9.06. The Hall–Kier alpha value is -0.970. The molecule has 4 nitrogen and oxygen atoms in total. The summed E-state index contributed by atoms with van der Waals surface area (Å²) in [6.07, 6.45) is 7.03. The number of likely N-dealkylation sites (tertiary alicyclic amines) is 1. The number of rotatable bonds is 5. The van der Waals surface area contributed by atoms with Crippen molar-refractivity contribution in [3.63, 3.8) is 0 Å². The fourth-order valence-electron chi connectivity index (χ4n) is 2.87. The van der Waals surface area contributed by atoms with Gasteiger partial charge in [0.05, 0.1) is 0 Å². The van der Waals surface area contributed by atoms with E-state index in [1.165, 1.54) is 18.4 Å². The fraction of sp³-hybridized carbons (Fsp3) is 0.643. The second-order valence-corrected chi connectivity index (χ2v) is 5.05. The van der Waals surface area contributed by atoms with E-state index in [9.17, 15) is 0 Å². The summed E-state index contributed by atoms with van der Waals surface area (Å²) in [5.41, 5.74) is 7.13. The molecule has 0 bridgehead atoms. The summed E-state index contributed by atoms with van der Waals surface area (Å²) in [7, 11) is 0. The SMILES string of the molecule is NCC(c1cccnc1)N1CCCC(CCO)C1. The summed E-state index contributed by atoms with van der Waals surface area (Å²) in [5, 5.41) is 9.06. The number of pyridine rings is 1. The molecular weight excluding hydrogens is 226 g/mol. The minimum atomic E-state index is 0.264. The number of nitrogens with two attached hydrogens (primary N) is 1. The van der Waals surface area contributed by atoms with E-state index in [1.807, 2.05) is 12.3 Å². The monoisotopic (exact) mass is 249 g/mol. The first-order valence-electron chi connectivity index (χ1n) is 6.80. The van der Waals surface area contributed by atoms with Crippen LogP contribution in [0.3, 0.4) is 0 Å². The Morgan fingerprint density at radius 3 is 3.11 bits per heavy atom. The van der Waals surface area contributed by atoms with Gasteiger partial charge in [-0.2, -0.15) is 0 Å². The largest absolute Gasteiger partial charge is 0.396 e. The minimum absolute atomic E-state index is 0.264. The maximum atomic E-state index is 9.06. The third-order valence-corrected chi connectivity index (χ3v) is 3.82. The van der Waals surface area contributed by atoms with E-state index >= 15 is 0 Å². The van der Waals surface area contributed by atoms with Gasteiger partial charge in [0, 0.05) is 38.1 Å². The van der Waals surface area contributed by atoms with Crippen LogP contribution in [0.4, 0.5) is 0 Å². The normalized spacial score (nSPS) is 22.9. The molecular formula is C14H23N3O. The van der Waals surface area contributed by atoms with Gasteiger partial charge in [0.1, 0.15) is 0 Å². The average molecular weight is 249 g/mol. The molecule has 2 unspecified atom stereocenters. The second-order valence-electron chi connectivity index (χ2n) is 5.05. The topological polar surface area (TPSA) is 62.4 Å². The molecule has 0 aromatic carbocycles. The lowest BCUT2D eigenvalue weighted by molar-refractivity contribution is 0.110. The van der Waals surface area contributed by atoms with Crippen LogP contribution in [0.2, 0.25) is 0 Å². The zero-order valence-corrected chi connectivity index (χ0v) is 10.8. The van der Waals surface area contributed by atoms with Gasteiger partial charge < -0.3 is 10.8 Å². The Bertz CT molecular complexity index is 342. The van der Waals surface area contributed by atoms with E-state index in [1.54, 1.807) is 6.20 Å². The maximum Gasteiger partial charge on any atom is 0.0485 e. The molecule has 2 rings (SSSR count). The van der Waals surface area contributed by atoms with Gasteiger partial charge in [0.25, 0.3) is 0 Å². The van der Waals surface area contributed by atoms with Crippen LogP contribution in [0.5, 0.6) is 0 Å². The third kappa shape index (κ3) is 3.28. The number of aliphatic hydroxyl groups excluding tert-OH is 1. The molecule has 0 spiro atoms. The molecule has 1 saturated heterocycles. The minimum Gasteiger partial charge on any atom is -0.396 e. The zero-order chi connectivity index (χ0) is 12.8. The summed E-state index contributed by atoms with van der Waals surface area (Å²) in [6.45, 7) is 3.05. The van der Waals surface area contributed by atoms with Gasteiger partial charge >= 0.3 is 0 Å². The highest BCUT2D eigenvalue weighted by molar-refractivity contribution is 5.14. The summed E-state index contributed by atoms with van der Waals surface area (Å²) in [4.78, 5) is 6.63. The number of nitrogens with zero attached hydrogens (tertiary/aromatic N) is 2. The van der Waals surface area contributed by atoms with Crippen molar-refractivity contribution >= 4 is 0 Å². The third-order valence-electron chi connectivity index (χ3n) is 3.82. The van der Waals surface area contributed by atoms with Crippen molar-refractivity contribution in [2.24, 2.45) is 11.7 Å². The molecule has 0 aliphatic carbocycles. The van der Waals surface area contributed by atoms with Crippen molar-refractivity contribution in [1.29, 1.82) is 0 Å². The van der Waals surface area contributed by atoms with Gasteiger partial charge in [-0.05, 0) is 43.4 Å². The number of hydrogen-bond acceptors (Lipinski definition) is 4. The second kappa shape index (κ2) is 6.83. The first kappa shape index (κ1) is 13.5. The highest BCUT2D eigenvalue weighted by Crippen LogP contribution is 2.27. The van der Waals surface area contributed by atoms with Crippen LogP contribution in [0.15, 0.2) is 24.5 Å². The van der Waals surface area contributed by atoms with E-state index in [4.69, 9.17) is 10.8 Å². The molecule has 2 atom stereocenters. The predicted molar refractivity (Wildman–Crippen MR) is 72.0 cm³/mol. The smallest absolute Gasteiger partial charge is 0.0485 e. The van der Waals surface area contributed by atoms with Gasteiger partial charge in [-0.15, -0.1) is 0 Å². The highest BCUT2D eigenvalue weighted by Gasteiger charge is 2.25. The first-order chi connectivity index (χ1) is 8.85. The van der Waals surface area contributed by atoms with Crippen molar-refractivity contribution in [3.05, 3.63) is 30.1 Å².